The number of aromatic nitrogens is 5. The molecule has 0 saturated heterocycles. The molecular weight excluding hydrogens is 371 g/mol. The first kappa shape index (κ1) is 18.8. The largest absolute Gasteiger partial charge is 0.490 e. The van der Waals surface area contributed by atoms with Crippen molar-refractivity contribution < 1.29 is 14.8 Å². The van der Waals surface area contributed by atoms with Gasteiger partial charge in [0.25, 0.3) is 5.95 Å². The minimum atomic E-state index is -1.66. The van der Waals surface area contributed by atoms with Crippen LogP contribution in [0, 0.1) is 6.92 Å². The van der Waals surface area contributed by atoms with Crippen LogP contribution in [0.3, 0.4) is 0 Å². The van der Waals surface area contributed by atoms with E-state index in [0.717, 1.165) is 5.56 Å². The third-order valence-corrected chi connectivity index (χ3v) is 4.49. The van der Waals surface area contributed by atoms with Gasteiger partial charge in [-0.1, -0.05) is 42.5 Å². The zero-order chi connectivity index (χ0) is 20.4. The van der Waals surface area contributed by atoms with Gasteiger partial charge < -0.3 is 20.1 Å². The molecule has 10 heteroatoms. The molecule has 2 heterocycles. The molecule has 0 saturated carbocycles. The van der Waals surface area contributed by atoms with E-state index in [4.69, 9.17) is 4.74 Å². The Bertz CT molecular complexity index is 1150. The summed E-state index contributed by atoms with van der Waals surface area (Å²) in [7, 11) is -0.185. The van der Waals surface area contributed by atoms with E-state index in [-0.39, 0.29) is 17.4 Å². The highest BCUT2D eigenvalue weighted by atomic mass is 16.5. The Morgan fingerprint density at radius 2 is 1.83 bits per heavy atom. The topological polar surface area (TPSA) is 118 Å². The van der Waals surface area contributed by atoms with E-state index < -0.39 is 7.12 Å². The van der Waals surface area contributed by atoms with Crippen molar-refractivity contribution in [3.05, 3.63) is 59.8 Å². The number of fused-ring (bicyclic) bond motifs is 1. The van der Waals surface area contributed by atoms with Gasteiger partial charge in [-0.05, 0) is 18.6 Å². The van der Waals surface area contributed by atoms with Crippen molar-refractivity contribution in [1.29, 1.82) is 0 Å². The average molecular weight is 390 g/mol. The van der Waals surface area contributed by atoms with Gasteiger partial charge in [0.15, 0.2) is 5.82 Å². The number of anilines is 1. The third-order valence-electron chi connectivity index (χ3n) is 4.49. The lowest BCUT2D eigenvalue weighted by atomic mass is 9.79. The van der Waals surface area contributed by atoms with E-state index in [1.54, 1.807) is 22.8 Å². The number of benzene rings is 2. The fourth-order valence-corrected chi connectivity index (χ4v) is 3.05. The quantitative estimate of drug-likeness (QED) is 0.414. The van der Waals surface area contributed by atoms with Crippen LogP contribution in [0.25, 0.3) is 17.0 Å². The van der Waals surface area contributed by atoms with Gasteiger partial charge in [-0.25, -0.2) is 4.57 Å². The van der Waals surface area contributed by atoms with E-state index in [1.807, 2.05) is 37.3 Å². The molecule has 29 heavy (non-hydrogen) atoms. The second kappa shape index (κ2) is 7.86. The molecule has 0 spiro atoms. The normalized spacial score (nSPS) is 10.9. The molecule has 2 aromatic heterocycles. The standard InChI is InChI=1S/C19H19BN6O3/c1-12-17(21-11-13-7-4-3-5-8-13)23-18(25-24-12)26-15-10-6-9-14(20(27)28)16(15)22-19(26)29-2/h3-10,27-28H,11H2,1-2H3,(H,21,23,25). The summed E-state index contributed by atoms with van der Waals surface area (Å²) in [6.45, 7) is 2.41. The molecule has 0 aliphatic heterocycles. The summed E-state index contributed by atoms with van der Waals surface area (Å²) in [6.07, 6.45) is 0. The monoisotopic (exact) mass is 390 g/mol. The number of para-hydroxylation sites is 1. The highest BCUT2D eigenvalue weighted by molar-refractivity contribution is 6.61. The van der Waals surface area contributed by atoms with Crippen molar-refractivity contribution in [2.75, 3.05) is 12.4 Å². The van der Waals surface area contributed by atoms with E-state index in [2.05, 4.69) is 25.5 Å². The highest BCUT2D eigenvalue weighted by Gasteiger charge is 2.23. The molecule has 0 radical (unpaired) electrons. The fraction of sp³-hybridized carbons (Fsp3) is 0.158. The van der Waals surface area contributed by atoms with Crippen LogP contribution in [0.5, 0.6) is 6.01 Å². The number of imidazole rings is 1. The van der Waals surface area contributed by atoms with Gasteiger partial charge in [-0.2, -0.15) is 9.97 Å². The molecular formula is C19H19BN6O3. The minimum Gasteiger partial charge on any atom is -0.468 e. The molecule has 0 aliphatic carbocycles. The number of rotatable bonds is 6. The van der Waals surface area contributed by atoms with Gasteiger partial charge in [0.05, 0.1) is 18.1 Å². The van der Waals surface area contributed by atoms with Crippen molar-refractivity contribution in [3.63, 3.8) is 0 Å². The first-order valence-corrected chi connectivity index (χ1v) is 8.99. The Kier molecular flexibility index (Phi) is 5.11. The summed E-state index contributed by atoms with van der Waals surface area (Å²) in [6, 6.07) is 15.2. The number of nitrogens with zero attached hydrogens (tertiary/aromatic N) is 5. The third kappa shape index (κ3) is 3.63. The Labute approximate surface area is 167 Å². The van der Waals surface area contributed by atoms with Gasteiger partial charge >= 0.3 is 13.1 Å². The van der Waals surface area contributed by atoms with E-state index in [0.29, 0.717) is 29.1 Å². The lowest BCUT2D eigenvalue weighted by Gasteiger charge is -2.11. The predicted octanol–water partition coefficient (Wildman–Crippen LogP) is 0.819. The van der Waals surface area contributed by atoms with Crippen LogP contribution in [-0.2, 0) is 6.54 Å². The van der Waals surface area contributed by atoms with Crippen LogP contribution >= 0.6 is 0 Å². The number of nitrogens with one attached hydrogen (secondary N) is 1. The number of ether oxygens (including phenoxy) is 1. The molecule has 3 N–H and O–H groups in total. The van der Waals surface area contributed by atoms with Crippen LogP contribution in [0.1, 0.15) is 11.3 Å². The molecule has 146 valence electrons. The number of aryl methyl sites for hydroxylation is 1. The molecule has 0 bridgehead atoms. The maximum absolute atomic E-state index is 9.64. The van der Waals surface area contributed by atoms with Crippen LogP contribution in [0.2, 0.25) is 0 Å². The lowest BCUT2D eigenvalue weighted by Crippen LogP contribution is -2.30. The second-order valence-electron chi connectivity index (χ2n) is 6.41. The van der Waals surface area contributed by atoms with Gasteiger partial charge in [-0.15, -0.1) is 10.2 Å². The molecule has 9 nitrogen and oxygen atoms in total. The summed E-state index contributed by atoms with van der Waals surface area (Å²) >= 11 is 0. The average Bonchev–Trinajstić information content (AvgIpc) is 3.12. The molecule has 2 aromatic carbocycles. The van der Waals surface area contributed by atoms with Gasteiger partial charge in [-0.3, -0.25) is 0 Å². The first-order chi connectivity index (χ1) is 14.1. The molecule has 4 aromatic rings. The van der Waals surface area contributed by atoms with Crippen molar-refractivity contribution in [3.8, 4) is 12.0 Å². The molecule has 0 unspecified atom stereocenters. The summed E-state index contributed by atoms with van der Waals surface area (Å²) in [5, 5.41) is 30.9. The Morgan fingerprint density at radius 3 is 2.55 bits per heavy atom. The van der Waals surface area contributed by atoms with Gasteiger partial charge in [0.1, 0.15) is 5.69 Å². The van der Waals surface area contributed by atoms with E-state index in [9.17, 15) is 10.0 Å². The van der Waals surface area contributed by atoms with Gasteiger partial charge in [0, 0.05) is 12.0 Å². The zero-order valence-corrected chi connectivity index (χ0v) is 15.9. The van der Waals surface area contributed by atoms with Crippen LogP contribution in [-0.4, -0.2) is 49.0 Å². The van der Waals surface area contributed by atoms with E-state index in [1.165, 1.54) is 7.11 Å². The van der Waals surface area contributed by atoms with Crippen molar-refractivity contribution in [2.24, 2.45) is 0 Å². The number of hydrogen-bond acceptors (Lipinski definition) is 8. The predicted molar refractivity (Wildman–Crippen MR) is 109 cm³/mol. The summed E-state index contributed by atoms with van der Waals surface area (Å²) < 4.78 is 6.96. The number of methoxy groups -OCH3 is 1. The zero-order valence-electron chi connectivity index (χ0n) is 15.9. The second-order valence-corrected chi connectivity index (χ2v) is 6.41. The minimum absolute atomic E-state index is 0.216. The van der Waals surface area contributed by atoms with Crippen LogP contribution < -0.4 is 15.5 Å². The van der Waals surface area contributed by atoms with E-state index >= 15 is 0 Å². The summed E-state index contributed by atoms with van der Waals surface area (Å²) in [5.74, 6) is 0.844. The van der Waals surface area contributed by atoms with Crippen LogP contribution in [0.15, 0.2) is 48.5 Å². The Morgan fingerprint density at radius 1 is 1.03 bits per heavy atom. The van der Waals surface area contributed by atoms with Gasteiger partial charge in [0.2, 0.25) is 0 Å². The smallest absolute Gasteiger partial charge is 0.468 e. The summed E-state index contributed by atoms with van der Waals surface area (Å²) in [5.41, 5.74) is 3.00. The Balaban J connectivity index is 1.77. The summed E-state index contributed by atoms with van der Waals surface area (Å²) in [4.78, 5) is 8.96. The first-order valence-electron chi connectivity index (χ1n) is 8.99. The Hall–Kier alpha value is -3.50. The SMILES string of the molecule is COc1nc2c(B(O)O)cccc2n1-c1nnc(C)c(NCc2ccccc2)n1. The lowest BCUT2D eigenvalue weighted by molar-refractivity contribution is 0.373. The maximum atomic E-state index is 9.64. The molecule has 0 aliphatic rings. The number of hydrogen-bond donors (Lipinski definition) is 3. The van der Waals surface area contributed by atoms with Crippen molar-refractivity contribution in [1.82, 2.24) is 24.7 Å². The molecule has 0 fully saturated rings. The highest BCUT2D eigenvalue weighted by Crippen LogP contribution is 2.24. The maximum Gasteiger partial charge on any atom is 0.490 e. The molecule has 0 atom stereocenters. The fourth-order valence-electron chi connectivity index (χ4n) is 3.05. The van der Waals surface area contributed by atoms with Crippen molar-refractivity contribution in [2.45, 2.75) is 13.5 Å². The molecule has 4 rings (SSSR count). The van der Waals surface area contributed by atoms with Crippen molar-refractivity contribution >= 4 is 29.4 Å². The molecule has 0 amide bonds. The van der Waals surface area contributed by atoms with Crippen LogP contribution in [0.4, 0.5) is 5.82 Å².